The third-order valence-corrected chi connectivity index (χ3v) is 2.60. The summed E-state index contributed by atoms with van der Waals surface area (Å²) in [5.74, 6) is -1.44. The Hall–Kier alpha value is -2.72. The number of rotatable bonds is 5. The molecule has 2 aromatic rings. The molecular weight excluding hydrogens is 336 g/mol. The number of para-hydroxylation sites is 1. The van der Waals surface area contributed by atoms with Crippen molar-refractivity contribution in [1.82, 2.24) is 0 Å². The fourth-order valence-corrected chi connectivity index (χ4v) is 1.27. The van der Waals surface area contributed by atoms with Crippen molar-refractivity contribution in [3.8, 4) is 5.75 Å². The standard InChI is InChI=1S/C6H10O7.C6H6O.C4H4O/c7-1-2(8)3(9)4(10)5(11)6(12)13;7-6-4-2-1-3-5-6;1-2-4-5-3-1/h1-5,8-11H,(H,12,13);1-5,7H;1-4H. The number of aromatic hydroxyl groups is 1. The van der Waals surface area contributed by atoms with Gasteiger partial charge in [0.05, 0.1) is 12.5 Å². The Balaban J connectivity index is 0.000000393. The maximum atomic E-state index is 10.1. The number of carbonyl (C=O) groups is 2. The van der Waals surface area contributed by atoms with E-state index in [4.69, 9.17) is 30.6 Å². The molecule has 0 bridgehead atoms. The van der Waals surface area contributed by atoms with Crippen LogP contribution in [0.2, 0.25) is 0 Å². The summed E-state index contributed by atoms with van der Waals surface area (Å²) >= 11 is 0. The predicted molar refractivity (Wildman–Crippen MR) is 84.5 cm³/mol. The third-order valence-electron chi connectivity index (χ3n) is 2.60. The molecule has 0 aliphatic rings. The lowest BCUT2D eigenvalue weighted by Crippen LogP contribution is -2.48. The van der Waals surface area contributed by atoms with Crippen molar-refractivity contribution in [3.05, 3.63) is 55.0 Å². The average Bonchev–Trinajstić information content (AvgIpc) is 3.20. The van der Waals surface area contributed by atoms with Crippen LogP contribution in [0, 0.1) is 0 Å². The van der Waals surface area contributed by atoms with Gasteiger partial charge >= 0.3 is 5.97 Å². The predicted octanol–water partition coefficient (Wildman–Crippen LogP) is -0.615. The first-order valence-corrected chi connectivity index (χ1v) is 6.92. The van der Waals surface area contributed by atoms with E-state index < -0.39 is 30.4 Å². The minimum Gasteiger partial charge on any atom is -0.508 e. The Bertz CT molecular complexity index is 553. The lowest BCUT2D eigenvalue weighted by Gasteiger charge is -2.21. The van der Waals surface area contributed by atoms with E-state index in [1.165, 1.54) is 0 Å². The van der Waals surface area contributed by atoms with Crippen molar-refractivity contribution in [2.75, 3.05) is 0 Å². The van der Waals surface area contributed by atoms with Crippen LogP contribution in [0.25, 0.3) is 0 Å². The van der Waals surface area contributed by atoms with Gasteiger partial charge in [-0.05, 0) is 24.3 Å². The molecule has 25 heavy (non-hydrogen) atoms. The second kappa shape index (κ2) is 12.7. The highest BCUT2D eigenvalue weighted by Crippen LogP contribution is 2.04. The molecule has 9 nitrogen and oxygen atoms in total. The number of carbonyl (C=O) groups excluding carboxylic acids is 1. The maximum absolute atomic E-state index is 10.1. The summed E-state index contributed by atoms with van der Waals surface area (Å²) in [5, 5.41) is 51.8. The van der Waals surface area contributed by atoms with Gasteiger partial charge in [-0.25, -0.2) is 4.79 Å². The summed E-state index contributed by atoms with van der Waals surface area (Å²) in [6.45, 7) is 0. The molecule has 0 aliphatic heterocycles. The molecule has 4 atom stereocenters. The lowest BCUT2D eigenvalue weighted by atomic mass is 10.0. The zero-order chi connectivity index (χ0) is 19.2. The number of carboxylic acid groups (broad SMARTS) is 1. The van der Waals surface area contributed by atoms with Gasteiger partial charge in [0.1, 0.15) is 24.1 Å². The second-order valence-corrected chi connectivity index (χ2v) is 4.52. The zero-order valence-corrected chi connectivity index (χ0v) is 13.0. The van der Waals surface area contributed by atoms with Crippen LogP contribution < -0.4 is 0 Å². The summed E-state index contributed by atoms with van der Waals surface area (Å²) in [6.07, 6.45) is -5.14. The summed E-state index contributed by atoms with van der Waals surface area (Å²) in [6, 6.07) is 12.4. The van der Waals surface area contributed by atoms with Crippen LogP contribution >= 0.6 is 0 Å². The molecule has 9 heteroatoms. The summed E-state index contributed by atoms with van der Waals surface area (Å²) < 4.78 is 4.58. The highest BCUT2D eigenvalue weighted by atomic mass is 16.4. The van der Waals surface area contributed by atoms with E-state index in [0.717, 1.165) is 0 Å². The molecule has 0 saturated carbocycles. The second-order valence-electron chi connectivity index (χ2n) is 4.52. The highest BCUT2D eigenvalue weighted by Gasteiger charge is 2.33. The van der Waals surface area contributed by atoms with Crippen molar-refractivity contribution in [2.24, 2.45) is 0 Å². The number of furan rings is 1. The van der Waals surface area contributed by atoms with E-state index in [9.17, 15) is 9.59 Å². The molecule has 1 aromatic carbocycles. The van der Waals surface area contributed by atoms with E-state index in [2.05, 4.69) is 4.42 Å². The molecule has 4 unspecified atom stereocenters. The first-order chi connectivity index (χ1) is 11.8. The van der Waals surface area contributed by atoms with Crippen LogP contribution in [-0.2, 0) is 9.59 Å². The molecule has 0 amide bonds. The van der Waals surface area contributed by atoms with E-state index in [1.54, 1.807) is 36.8 Å². The smallest absolute Gasteiger partial charge is 0.335 e. The van der Waals surface area contributed by atoms with Crippen molar-refractivity contribution in [2.45, 2.75) is 24.4 Å². The van der Waals surface area contributed by atoms with Gasteiger partial charge in [0.25, 0.3) is 0 Å². The zero-order valence-electron chi connectivity index (χ0n) is 13.0. The topological polar surface area (TPSA) is 169 Å². The van der Waals surface area contributed by atoms with Gasteiger partial charge in [-0.3, -0.25) is 0 Å². The van der Waals surface area contributed by atoms with Crippen molar-refractivity contribution in [3.63, 3.8) is 0 Å². The van der Waals surface area contributed by atoms with Crippen LogP contribution in [0.4, 0.5) is 0 Å². The number of phenolic OH excluding ortho intramolecular Hbond substituents is 1. The highest BCUT2D eigenvalue weighted by molar-refractivity contribution is 5.73. The van der Waals surface area contributed by atoms with Gasteiger partial charge < -0.3 is 39.9 Å². The largest absolute Gasteiger partial charge is 0.508 e. The van der Waals surface area contributed by atoms with Gasteiger partial charge in [-0.15, -0.1) is 0 Å². The number of hydrogen-bond acceptors (Lipinski definition) is 8. The van der Waals surface area contributed by atoms with Gasteiger partial charge in [0.2, 0.25) is 0 Å². The summed E-state index contributed by atoms with van der Waals surface area (Å²) in [4.78, 5) is 20.0. The number of hydrogen-bond donors (Lipinski definition) is 6. The maximum Gasteiger partial charge on any atom is 0.335 e. The van der Waals surface area contributed by atoms with E-state index in [-0.39, 0.29) is 6.29 Å². The molecule has 0 fully saturated rings. The molecule has 1 heterocycles. The Morgan fingerprint density at radius 3 is 1.72 bits per heavy atom. The van der Waals surface area contributed by atoms with E-state index in [1.807, 2.05) is 18.2 Å². The van der Waals surface area contributed by atoms with Gasteiger partial charge in [-0.1, -0.05) is 18.2 Å². The minimum atomic E-state index is -2.25. The SMILES string of the molecule is O=CC(O)C(O)C(O)C(O)C(=O)O.Oc1ccccc1.c1ccoc1. The first-order valence-electron chi connectivity index (χ1n) is 6.92. The number of aliphatic carboxylic acids is 1. The monoisotopic (exact) mass is 356 g/mol. The summed E-state index contributed by atoms with van der Waals surface area (Å²) in [5.41, 5.74) is 0. The van der Waals surface area contributed by atoms with Gasteiger partial charge in [0, 0.05) is 0 Å². The quantitative estimate of drug-likeness (QED) is 0.382. The summed E-state index contributed by atoms with van der Waals surface area (Å²) in [7, 11) is 0. The van der Waals surface area contributed by atoms with E-state index in [0.29, 0.717) is 5.75 Å². The average molecular weight is 356 g/mol. The molecule has 6 N–H and O–H groups in total. The Morgan fingerprint density at radius 1 is 0.920 bits per heavy atom. The van der Waals surface area contributed by atoms with Gasteiger partial charge in [0.15, 0.2) is 12.4 Å². The number of benzene rings is 1. The fraction of sp³-hybridized carbons (Fsp3) is 0.250. The molecule has 0 aliphatic carbocycles. The van der Waals surface area contributed by atoms with Crippen LogP contribution in [-0.4, -0.2) is 67.3 Å². The molecule has 0 saturated heterocycles. The van der Waals surface area contributed by atoms with E-state index >= 15 is 0 Å². The Morgan fingerprint density at radius 2 is 1.44 bits per heavy atom. The number of aldehydes is 1. The molecular formula is C16H20O9. The third kappa shape index (κ3) is 9.89. The molecule has 0 radical (unpaired) electrons. The number of carboxylic acids is 1. The van der Waals surface area contributed by atoms with Crippen molar-refractivity contribution >= 4 is 12.3 Å². The van der Waals surface area contributed by atoms with Gasteiger partial charge in [-0.2, -0.15) is 0 Å². The van der Waals surface area contributed by atoms with Crippen molar-refractivity contribution < 1.29 is 44.6 Å². The fourth-order valence-electron chi connectivity index (χ4n) is 1.27. The normalized spacial score (nSPS) is 14.4. The van der Waals surface area contributed by atoms with Crippen LogP contribution in [0.1, 0.15) is 0 Å². The molecule has 0 spiro atoms. The van der Waals surface area contributed by atoms with Crippen LogP contribution in [0.3, 0.4) is 0 Å². The number of phenols is 1. The molecule has 2 rings (SSSR count). The lowest BCUT2D eigenvalue weighted by molar-refractivity contribution is -0.163. The van der Waals surface area contributed by atoms with Crippen LogP contribution in [0.5, 0.6) is 5.75 Å². The van der Waals surface area contributed by atoms with Crippen molar-refractivity contribution in [1.29, 1.82) is 0 Å². The number of aliphatic hydroxyl groups is 4. The first kappa shape index (κ1) is 22.3. The minimum absolute atomic E-state index is 0.0809. The Labute approximate surface area is 143 Å². The molecule has 138 valence electrons. The molecule has 1 aromatic heterocycles. The van der Waals surface area contributed by atoms with Crippen LogP contribution in [0.15, 0.2) is 59.4 Å². The number of aliphatic hydroxyl groups excluding tert-OH is 4. The Kier molecular flexibility index (Phi) is 11.3.